The van der Waals surface area contributed by atoms with Crippen molar-refractivity contribution >= 4 is 0 Å². The molecule has 2 aliphatic heterocycles. The van der Waals surface area contributed by atoms with E-state index in [4.69, 9.17) is 14.2 Å². The Hall–Kier alpha value is -2.05. The van der Waals surface area contributed by atoms with Crippen LogP contribution in [0.3, 0.4) is 0 Å². The van der Waals surface area contributed by atoms with Gasteiger partial charge in [-0.2, -0.15) is 0 Å². The second kappa shape index (κ2) is 7.90. The van der Waals surface area contributed by atoms with Crippen molar-refractivity contribution in [2.75, 3.05) is 33.6 Å². The van der Waals surface area contributed by atoms with E-state index in [1.165, 1.54) is 24.1 Å². The van der Waals surface area contributed by atoms with Gasteiger partial charge in [-0.1, -0.05) is 13.0 Å². The van der Waals surface area contributed by atoms with Crippen LogP contribution in [0.4, 0.5) is 0 Å². The minimum Gasteiger partial charge on any atom is -0.454 e. The molecule has 4 rings (SSSR count). The quantitative estimate of drug-likeness (QED) is 0.748. The molecule has 0 spiro atoms. The van der Waals surface area contributed by atoms with Crippen molar-refractivity contribution in [3.63, 3.8) is 0 Å². The summed E-state index contributed by atoms with van der Waals surface area (Å²) < 4.78 is 18.4. The zero-order valence-corrected chi connectivity index (χ0v) is 16.3. The van der Waals surface area contributed by atoms with Crippen LogP contribution < -0.4 is 9.47 Å². The Kier molecular flexibility index (Phi) is 5.36. The first-order valence-corrected chi connectivity index (χ1v) is 9.74. The van der Waals surface area contributed by atoms with E-state index in [9.17, 15) is 0 Å². The third-order valence-corrected chi connectivity index (χ3v) is 5.65. The zero-order chi connectivity index (χ0) is 18.7. The van der Waals surface area contributed by atoms with Crippen molar-refractivity contribution in [3.05, 3.63) is 42.0 Å². The lowest BCUT2D eigenvalue weighted by atomic mass is 9.77. The monoisotopic (exact) mass is 371 g/mol. The molecule has 0 aliphatic carbocycles. The minimum absolute atomic E-state index is 0.267. The number of benzene rings is 1. The first kappa shape index (κ1) is 18.3. The van der Waals surface area contributed by atoms with Crippen LogP contribution in [-0.2, 0) is 24.2 Å². The van der Waals surface area contributed by atoms with Gasteiger partial charge in [0.1, 0.15) is 0 Å². The second-order valence-electron chi connectivity index (χ2n) is 8.06. The van der Waals surface area contributed by atoms with E-state index in [2.05, 4.69) is 33.5 Å². The van der Waals surface area contributed by atoms with Crippen molar-refractivity contribution in [2.45, 2.75) is 39.3 Å². The van der Waals surface area contributed by atoms with Crippen LogP contribution >= 0.6 is 0 Å². The summed E-state index contributed by atoms with van der Waals surface area (Å²) in [7, 11) is 1.74. The van der Waals surface area contributed by atoms with Gasteiger partial charge in [0.05, 0.1) is 18.6 Å². The average Bonchev–Trinajstić information content (AvgIpc) is 3.28. The van der Waals surface area contributed by atoms with Crippen molar-refractivity contribution in [3.8, 4) is 11.5 Å². The average molecular weight is 371 g/mol. The number of hydrogen-bond donors (Lipinski definition) is 0. The Bertz CT molecular complexity index is 776. The molecule has 0 N–H and O–H groups in total. The van der Waals surface area contributed by atoms with E-state index >= 15 is 0 Å². The van der Waals surface area contributed by atoms with Crippen LogP contribution in [0.5, 0.6) is 11.5 Å². The van der Waals surface area contributed by atoms with Crippen LogP contribution in [-0.4, -0.2) is 48.1 Å². The van der Waals surface area contributed by atoms with E-state index in [-0.39, 0.29) is 5.41 Å². The molecule has 27 heavy (non-hydrogen) atoms. The summed E-state index contributed by atoms with van der Waals surface area (Å²) >= 11 is 0. The predicted octanol–water partition coefficient (Wildman–Crippen LogP) is 3.10. The SMILES string of the molecule is COCCn1cncc1CN1CCC[C@](C)(Cc2ccc3c(c2)OCO3)C1. The fourth-order valence-electron chi connectivity index (χ4n) is 4.35. The van der Waals surface area contributed by atoms with Gasteiger partial charge in [-0.3, -0.25) is 4.90 Å². The van der Waals surface area contributed by atoms with Crippen LogP contribution in [0, 0.1) is 5.41 Å². The van der Waals surface area contributed by atoms with E-state index in [1.54, 1.807) is 7.11 Å². The van der Waals surface area contributed by atoms with Crippen LogP contribution in [0.15, 0.2) is 30.7 Å². The first-order chi connectivity index (χ1) is 13.1. The van der Waals surface area contributed by atoms with Gasteiger partial charge in [0.2, 0.25) is 6.79 Å². The van der Waals surface area contributed by atoms with Crippen molar-refractivity contribution in [1.82, 2.24) is 14.5 Å². The number of likely N-dealkylation sites (tertiary alicyclic amines) is 1. The van der Waals surface area contributed by atoms with E-state index in [0.717, 1.165) is 44.1 Å². The largest absolute Gasteiger partial charge is 0.454 e. The second-order valence-corrected chi connectivity index (χ2v) is 8.06. The van der Waals surface area contributed by atoms with Gasteiger partial charge in [0.15, 0.2) is 11.5 Å². The fourth-order valence-corrected chi connectivity index (χ4v) is 4.35. The lowest BCUT2D eigenvalue weighted by Gasteiger charge is -2.41. The molecule has 1 aromatic carbocycles. The molecule has 0 amide bonds. The fraction of sp³-hybridized carbons (Fsp3) is 0.571. The van der Waals surface area contributed by atoms with Crippen molar-refractivity contribution in [1.29, 1.82) is 0 Å². The highest BCUT2D eigenvalue weighted by Gasteiger charge is 2.32. The standard InChI is InChI=1S/C21H29N3O3/c1-21(11-17-4-5-19-20(10-17)27-16-26-19)6-3-7-23(14-21)13-18-12-22-15-24(18)8-9-25-2/h4-5,10,12,15H,3,6-9,11,13-14,16H2,1-2H3/t21-/m1/s1. The zero-order valence-electron chi connectivity index (χ0n) is 16.3. The van der Waals surface area contributed by atoms with E-state index in [0.29, 0.717) is 13.4 Å². The number of ether oxygens (including phenoxy) is 3. The van der Waals surface area contributed by atoms with Crippen LogP contribution in [0.2, 0.25) is 0 Å². The maximum Gasteiger partial charge on any atom is 0.231 e. The summed E-state index contributed by atoms with van der Waals surface area (Å²) in [6.07, 6.45) is 7.43. The number of aromatic nitrogens is 2. The lowest BCUT2D eigenvalue weighted by molar-refractivity contribution is 0.0943. The third-order valence-electron chi connectivity index (χ3n) is 5.65. The molecule has 0 radical (unpaired) electrons. The summed E-state index contributed by atoms with van der Waals surface area (Å²) in [5, 5.41) is 0. The van der Waals surface area contributed by atoms with E-state index < -0.39 is 0 Å². The molecule has 1 fully saturated rings. The number of nitrogens with zero attached hydrogens (tertiary/aromatic N) is 3. The maximum absolute atomic E-state index is 5.55. The Morgan fingerprint density at radius 3 is 3.04 bits per heavy atom. The summed E-state index contributed by atoms with van der Waals surface area (Å²) in [5.74, 6) is 1.74. The molecule has 3 heterocycles. The van der Waals surface area contributed by atoms with Gasteiger partial charge in [0.25, 0.3) is 0 Å². The number of imidazole rings is 1. The number of fused-ring (bicyclic) bond motifs is 1. The minimum atomic E-state index is 0.267. The molecular formula is C21H29N3O3. The number of piperidine rings is 1. The molecule has 1 atom stereocenters. The molecule has 2 aliphatic rings. The molecule has 6 nitrogen and oxygen atoms in total. The molecule has 146 valence electrons. The maximum atomic E-state index is 5.55. The van der Waals surface area contributed by atoms with Crippen LogP contribution in [0.25, 0.3) is 0 Å². The van der Waals surface area contributed by atoms with Crippen LogP contribution in [0.1, 0.15) is 31.0 Å². The molecular weight excluding hydrogens is 342 g/mol. The highest BCUT2D eigenvalue weighted by atomic mass is 16.7. The van der Waals surface area contributed by atoms with E-state index in [1.807, 2.05) is 18.6 Å². The molecule has 0 saturated carbocycles. The molecule has 0 unspecified atom stereocenters. The normalized spacial score (nSPS) is 22.3. The smallest absolute Gasteiger partial charge is 0.231 e. The Morgan fingerprint density at radius 2 is 2.15 bits per heavy atom. The predicted molar refractivity (Wildman–Crippen MR) is 103 cm³/mol. The van der Waals surface area contributed by atoms with Crippen molar-refractivity contribution < 1.29 is 14.2 Å². The summed E-state index contributed by atoms with van der Waals surface area (Å²) in [6.45, 7) is 7.50. The van der Waals surface area contributed by atoms with Gasteiger partial charge in [0, 0.05) is 32.9 Å². The molecule has 1 saturated heterocycles. The van der Waals surface area contributed by atoms with Gasteiger partial charge >= 0.3 is 0 Å². The molecule has 1 aromatic heterocycles. The summed E-state index contributed by atoms with van der Waals surface area (Å²) in [4.78, 5) is 6.90. The summed E-state index contributed by atoms with van der Waals surface area (Å²) in [5.41, 5.74) is 2.86. The Labute approximate surface area is 161 Å². The van der Waals surface area contributed by atoms with Gasteiger partial charge < -0.3 is 18.8 Å². The van der Waals surface area contributed by atoms with Gasteiger partial charge in [-0.15, -0.1) is 0 Å². The first-order valence-electron chi connectivity index (χ1n) is 9.74. The highest BCUT2D eigenvalue weighted by Crippen LogP contribution is 2.37. The molecule has 0 bridgehead atoms. The highest BCUT2D eigenvalue weighted by molar-refractivity contribution is 5.44. The number of methoxy groups -OCH3 is 1. The van der Waals surface area contributed by atoms with Crippen molar-refractivity contribution in [2.24, 2.45) is 5.41 Å². The topological polar surface area (TPSA) is 48.8 Å². The van der Waals surface area contributed by atoms with Gasteiger partial charge in [-0.05, 0) is 48.9 Å². The van der Waals surface area contributed by atoms with Gasteiger partial charge in [-0.25, -0.2) is 4.98 Å². The molecule has 2 aromatic rings. The Balaban J connectivity index is 1.40. The summed E-state index contributed by atoms with van der Waals surface area (Å²) in [6, 6.07) is 6.36. The number of hydrogen-bond acceptors (Lipinski definition) is 5. The lowest BCUT2D eigenvalue weighted by Crippen LogP contribution is -2.42. The molecule has 6 heteroatoms. The third kappa shape index (κ3) is 4.28. The number of rotatable bonds is 7. The Morgan fingerprint density at radius 1 is 1.26 bits per heavy atom.